The Morgan fingerprint density at radius 2 is 2.11 bits per heavy atom. The van der Waals surface area contributed by atoms with Crippen LogP contribution in [-0.4, -0.2) is 25.8 Å². The predicted octanol–water partition coefficient (Wildman–Crippen LogP) is 0.976. The first-order chi connectivity index (χ1) is 8.47. The van der Waals surface area contributed by atoms with Crippen LogP contribution in [0.4, 0.5) is 0 Å². The van der Waals surface area contributed by atoms with E-state index in [-0.39, 0.29) is 12.2 Å². The second kappa shape index (κ2) is 4.42. The molecule has 0 spiro atoms. The van der Waals surface area contributed by atoms with Crippen molar-refractivity contribution in [1.29, 1.82) is 0 Å². The molecule has 0 atom stereocenters. The summed E-state index contributed by atoms with van der Waals surface area (Å²) in [7, 11) is 1.70. The SMILES string of the molecule is Cn1cccc(-c2nccn2C(C)(C)CO)c1=O. The van der Waals surface area contributed by atoms with Gasteiger partial charge in [-0.25, -0.2) is 4.98 Å². The molecule has 0 aliphatic rings. The van der Waals surface area contributed by atoms with Gasteiger partial charge in [-0.2, -0.15) is 0 Å². The third-order valence-electron chi connectivity index (χ3n) is 3.04. The molecule has 0 fully saturated rings. The number of rotatable bonds is 3. The van der Waals surface area contributed by atoms with Crippen molar-refractivity contribution in [3.63, 3.8) is 0 Å². The summed E-state index contributed by atoms with van der Waals surface area (Å²) in [6.45, 7) is 3.76. The maximum absolute atomic E-state index is 12.1. The molecule has 2 heterocycles. The molecule has 5 nitrogen and oxygen atoms in total. The molecular weight excluding hydrogens is 230 g/mol. The number of hydrogen-bond donors (Lipinski definition) is 1. The molecule has 0 amide bonds. The first kappa shape index (κ1) is 12.6. The molecule has 0 bridgehead atoms. The lowest BCUT2D eigenvalue weighted by Gasteiger charge is -2.25. The van der Waals surface area contributed by atoms with E-state index in [0.717, 1.165) is 0 Å². The second-order valence-corrected chi connectivity index (χ2v) is 4.93. The highest BCUT2D eigenvalue weighted by atomic mass is 16.3. The van der Waals surface area contributed by atoms with Gasteiger partial charge in [0.05, 0.1) is 17.7 Å². The lowest BCUT2D eigenvalue weighted by Crippen LogP contribution is -2.31. The van der Waals surface area contributed by atoms with Gasteiger partial charge in [-0.1, -0.05) is 0 Å². The average molecular weight is 247 g/mol. The van der Waals surface area contributed by atoms with Crippen molar-refractivity contribution in [2.24, 2.45) is 7.05 Å². The first-order valence-electron chi connectivity index (χ1n) is 5.78. The molecule has 2 rings (SSSR count). The summed E-state index contributed by atoms with van der Waals surface area (Å²) in [4.78, 5) is 16.3. The van der Waals surface area contributed by atoms with E-state index >= 15 is 0 Å². The zero-order valence-corrected chi connectivity index (χ0v) is 10.8. The fraction of sp³-hybridized carbons (Fsp3) is 0.385. The Morgan fingerprint density at radius 3 is 2.78 bits per heavy atom. The number of nitrogens with zero attached hydrogens (tertiary/aromatic N) is 3. The zero-order chi connectivity index (χ0) is 13.3. The molecule has 0 saturated carbocycles. The van der Waals surface area contributed by atoms with Gasteiger partial charge in [0.2, 0.25) is 0 Å². The van der Waals surface area contributed by atoms with Crippen molar-refractivity contribution in [3.05, 3.63) is 41.1 Å². The van der Waals surface area contributed by atoms with Gasteiger partial charge < -0.3 is 14.2 Å². The summed E-state index contributed by atoms with van der Waals surface area (Å²) in [5, 5.41) is 9.43. The van der Waals surface area contributed by atoms with Crippen molar-refractivity contribution >= 4 is 0 Å². The van der Waals surface area contributed by atoms with Crippen LogP contribution in [0.2, 0.25) is 0 Å². The molecule has 5 heteroatoms. The first-order valence-corrected chi connectivity index (χ1v) is 5.78. The van der Waals surface area contributed by atoms with E-state index in [2.05, 4.69) is 4.98 Å². The van der Waals surface area contributed by atoms with Gasteiger partial charge in [-0.3, -0.25) is 4.79 Å². The van der Waals surface area contributed by atoms with Crippen LogP contribution in [0.5, 0.6) is 0 Å². The Bertz CT molecular complexity index is 611. The van der Waals surface area contributed by atoms with E-state index in [1.807, 2.05) is 24.5 Å². The molecule has 1 N–H and O–H groups in total. The number of aryl methyl sites for hydroxylation is 1. The molecular formula is C13H17N3O2. The van der Waals surface area contributed by atoms with Gasteiger partial charge in [0.25, 0.3) is 5.56 Å². The quantitative estimate of drug-likeness (QED) is 0.879. The number of hydrogen-bond acceptors (Lipinski definition) is 3. The lowest BCUT2D eigenvalue weighted by atomic mass is 10.1. The largest absolute Gasteiger partial charge is 0.394 e. The molecule has 2 aromatic heterocycles. The topological polar surface area (TPSA) is 60.1 Å². The van der Waals surface area contributed by atoms with Crippen LogP contribution in [0.1, 0.15) is 13.8 Å². The van der Waals surface area contributed by atoms with Crippen LogP contribution in [0.3, 0.4) is 0 Å². The molecule has 0 radical (unpaired) electrons. The third-order valence-corrected chi connectivity index (χ3v) is 3.04. The van der Waals surface area contributed by atoms with E-state index in [0.29, 0.717) is 11.4 Å². The van der Waals surface area contributed by atoms with Crippen LogP contribution >= 0.6 is 0 Å². The van der Waals surface area contributed by atoms with Crippen LogP contribution in [0.15, 0.2) is 35.5 Å². The zero-order valence-electron chi connectivity index (χ0n) is 10.8. The maximum Gasteiger partial charge on any atom is 0.261 e. The Hall–Kier alpha value is -1.88. The van der Waals surface area contributed by atoms with Crippen LogP contribution in [0, 0.1) is 0 Å². The number of pyridine rings is 1. The van der Waals surface area contributed by atoms with Crippen LogP contribution in [-0.2, 0) is 12.6 Å². The van der Waals surface area contributed by atoms with E-state index in [4.69, 9.17) is 0 Å². The number of aromatic nitrogens is 3. The third kappa shape index (κ3) is 1.97. The lowest BCUT2D eigenvalue weighted by molar-refractivity contribution is 0.165. The molecule has 0 aliphatic heterocycles. The highest BCUT2D eigenvalue weighted by molar-refractivity contribution is 5.54. The Kier molecular flexibility index (Phi) is 3.09. The van der Waals surface area contributed by atoms with Crippen molar-refractivity contribution in [1.82, 2.24) is 14.1 Å². The monoisotopic (exact) mass is 247 g/mol. The summed E-state index contributed by atoms with van der Waals surface area (Å²) < 4.78 is 3.34. The molecule has 0 aromatic carbocycles. The molecule has 96 valence electrons. The van der Waals surface area contributed by atoms with E-state index < -0.39 is 5.54 Å². The van der Waals surface area contributed by atoms with Gasteiger partial charge in [-0.15, -0.1) is 0 Å². The minimum atomic E-state index is -0.493. The highest BCUT2D eigenvalue weighted by Crippen LogP contribution is 2.22. The minimum absolute atomic E-state index is 0.0243. The average Bonchev–Trinajstić information content (AvgIpc) is 2.82. The standard InChI is InChI=1S/C13H17N3O2/c1-13(2,9-17)16-8-6-14-11(16)10-5-4-7-15(3)12(10)18/h4-8,17H,9H2,1-3H3. The van der Waals surface area contributed by atoms with E-state index in [9.17, 15) is 9.90 Å². The predicted molar refractivity (Wildman–Crippen MR) is 69.3 cm³/mol. The van der Waals surface area contributed by atoms with Gasteiger partial charge in [0.15, 0.2) is 0 Å². The van der Waals surface area contributed by atoms with Gasteiger partial charge in [0, 0.05) is 25.6 Å². The molecule has 0 unspecified atom stereocenters. The smallest absolute Gasteiger partial charge is 0.261 e. The second-order valence-electron chi connectivity index (χ2n) is 4.93. The summed E-state index contributed by atoms with van der Waals surface area (Å²) in [6, 6.07) is 3.55. The molecule has 2 aromatic rings. The van der Waals surface area contributed by atoms with Gasteiger partial charge in [-0.05, 0) is 26.0 Å². The van der Waals surface area contributed by atoms with Crippen molar-refractivity contribution in [3.8, 4) is 11.4 Å². The minimum Gasteiger partial charge on any atom is -0.394 e. The number of aliphatic hydroxyl groups is 1. The van der Waals surface area contributed by atoms with Crippen LogP contribution in [0.25, 0.3) is 11.4 Å². The van der Waals surface area contributed by atoms with Crippen molar-refractivity contribution in [2.45, 2.75) is 19.4 Å². The van der Waals surface area contributed by atoms with E-state index in [1.54, 1.807) is 31.7 Å². The highest BCUT2D eigenvalue weighted by Gasteiger charge is 2.23. The van der Waals surface area contributed by atoms with E-state index in [1.165, 1.54) is 4.57 Å². The van der Waals surface area contributed by atoms with Crippen molar-refractivity contribution < 1.29 is 5.11 Å². The van der Waals surface area contributed by atoms with Gasteiger partial charge >= 0.3 is 0 Å². The normalized spacial score (nSPS) is 11.8. The number of aliphatic hydroxyl groups excluding tert-OH is 1. The summed E-state index contributed by atoms with van der Waals surface area (Å²) in [6.07, 6.45) is 5.12. The summed E-state index contributed by atoms with van der Waals surface area (Å²) >= 11 is 0. The fourth-order valence-electron chi connectivity index (χ4n) is 1.83. The Balaban J connectivity index is 2.64. The molecule has 18 heavy (non-hydrogen) atoms. The van der Waals surface area contributed by atoms with Crippen molar-refractivity contribution in [2.75, 3.05) is 6.61 Å². The fourth-order valence-corrected chi connectivity index (χ4v) is 1.83. The Morgan fingerprint density at radius 1 is 1.39 bits per heavy atom. The summed E-state index contributed by atoms with van der Waals surface area (Å²) in [5.41, 5.74) is -0.0580. The van der Waals surface area contributed by atoms with Gasteiger partial charge in [0.1, 0.15) is 5.82 Å². The molecule has 0 saturated heterocycles. The molecule has 0 aliphatic carbocycles. The number of imidazole rings is 1. The Labute approximate surface area is 105 Å². The maximum atomic E-state index is 12.1. The summed E-state index contributed by atoms with van der Waals surface area (Å²) in [5.74, 6) is 0.579. The van der Waals surface area contributed by atoms with Crippen LogP contribution < -0.4 is 5.56 Å².